The van der Waals surface area contributed by atoms with Crippen LogP contribution in [0.5, 0.6) is 0 Å². The van der Waals surface area contributed by atoms with Crippen LogP contribution in [0.25, 0.3) is 0 Å². The zero-order chi connectivity index (χ0) is 8.81. The largest absolute Gasteiger partial charge is 0.337 e. The molecule has 0 bridgehead atoms. The lowest BCUT2D eigenvalue weighted by Crippen LogP contribution is -2.06. The van der Waals surface area contributed by atoms with Crippen molar-refractivity contribution in [2.24, 2.45) is 0 Å². The van der Waals surface area contributed by atoms with Crippen molar-refractivity contribution in [2.75, 3.05) is 11.7 Å². The van der Waals surface area contributed by atoms with Gasteiger partial charge in [-0.25, -0.2) is 9.66 Å². The molecular formula is C4H8N8. The predicted molar refractivity (Wildman–Crippen MR) is 40.3 cm³/mol. The molecule has 0 saturated carbocycles. The lowest BCUT2D eigenvalue weighted by Gasteiger charge is -1.76. The number of hydrogen-bond acceptors (Lipinski definition) is 6. The van der Waals surface area contributed by atoms with Gasteiger partial charge in [0.2, 0.25) is 0 Å². The van der Waals surface area contributed by atoms with Crippen LogP contribution in [-0.4, -0.2) is 29.7 Å². The standard InChI is InChI=1S/2C2H4N4/c3-6-1-4-5-2-6;3-6-2-4-1-5-6/h2*1-2H,3H2. The van der Waals surface area contributed by atoms with E-state index in [4.69, 9.17) is 11.7 Å². The monoisotopic (exact) mass is 168 g/mol. The lowest BCUT2D eigenvalue weighted by atomic mass is 11.3. The maximum atomic E-state index is 5.07. The summed E-state index contributed by atoms with van der Waals surface area (Å²) in [5, 5.41) is 10.3. The van der Waals surface area contributed by atoms with Gasteiger partial charge in [-0.05, 0) is 0 Å². The van der Waals surface area contributed by atoms with Crippen molar-refractivity contribution in [3.63, 3.8) is 0 Å². The molecule has 0 aliphatic rings. The van der Waals surface area contributed by atoms with Gasteiger partial charge in [0.1, 0.15) is 25.3 Å². The van der Waals surface area contributed by atoms with Gasteiger partial charge in [0.15, 0.2) is 0 Å². The summed E-state index contributed by atoms with van der Waals surface area (Å²) in [7, 11) is 0. The van der Waals surface area contributed by atoms with E-state index in [2.05, 4.69) is 20.3 Å². The second-order valence-corrected chi connectivity index (χ2v) is 1.78. The first-order valence-corrected chi connectivity index (χ1v) is 2.98. The Morgan fingerprint density at radius 1 is 1.00 bits per heavy atom. The molecule has 0 spiro atoms. The van der Waals surface area contributed by atoms with Gasteiger partial charge in [-0.15, -0.1) is 15.3 Å². The van der Waals surface area contributed by atoms with Gasteiger partial charge >= 0.3 is 0 Å². The van der Waals surface area contributed by atoms with Crippen LogP contribution in [0.4, 0.5) is 0 Å². The Hall–Kier alpha value is -2.12. The minimum Gasteiger partial charge on any atom is -0.337 e. The molecule has 2 rings (SSSR count). The van der Waals surface area contributed by atoms with Crippen molar-refractivity contribution in [1.82, 2.24) is 29.7 Å². The van der Waals surface area contributed by atoms with Crippen LogP contribution in [0.3, 0.4) is 0 Å². The second kappa shape index (κ2) is 3.91. The quantitative estimate of drug-likeness (QED) is 0.439. The smallest absolute Gasteiger partial charge is 0.139 e. The van der Waals surface area contributed by atoms with Gasteiger partial charge in [0.05, 0.1) is 0 Å². The van der Waals surface area contributed by atoms with Crippen LogP contribution in [-0.2, 0) is 0 Å². The summed E-state index contributed by atoms with van der Waals surface area (Å²) in [5.41, 5.74) is 0. The van der Waals surface area contributed by atoms with E-state index in [9.17, 15) is 0 Å². The van der Waals surface area contributed by atoms with Crippen LogP contribution < -0.4 is 11.7 Å². The van der Waals surface area contributed by atoms with Crippen LogP contribution in [0.2, 0.25) is 0 Å². The van der Waals surface area contributed by atoms with Crippen molar-refractivity contribution in [1.29, 1.82) is 0 Å². The second-order valence-electron chi connectivity index (χ2n) is 1.78. The number of hydrogen-bond donors (Lipinski definition) is 2. The Morgan fingerprint density at radius 3 is 1.83 bits per heavy atom. The molecule has 2 aromatic rings. The highest BCUT2D eigenvalue weighted by Gasteiger charge is 1.71. The van der Waals surface area contributed by atoms with Crippen LogP contribution in [0.15, 0.2) is 25.3 Å². The first-order chi connectivity index (χ1) is 5.79. The third kappa shape index (κ3) is 2.64. The summed E-state index contributed by atoms with van der Waals surface area (Å²) in [6.07, 6.45) is 5.63. The van der Waals surface area contributed by atoms with Crippen molar-refractivity contribution < 1.29 is 0 Å². The Bertz CT molecular complexity index is 250. The summed E-state index contributed by atoms with van der Waals surface area (Å²) in [6.45, 7) is 0. The van der Waals surface area contributed by atoms with Gasteiger partial charge in [-0.2, -0.15) is 4.79 Å². The zero-order valence-corrected chi connectivity index (χ0v) is 6.15. The summed E-state index contributed by atoms with van der Waals surface area (Å²) < 4.78 is 1.28. The molecule has 0 aliphatic heterocycles. The molecule has 12 heavy (non-hydrogen) atoms. The number of nitrogens with zero attached hydrogens (tertiary/aromatic N) is 6. The average Bonchev–Trinajstić information content (AvgIpc) is 2.63. The number of aromatic nitrogens is 6. The molecule has 8 heteroatoms. The first kappa shape index (κ1) is 7.98. The normalized spacial score (nSPS) is 8.67. The summed E-state index contributed by atoms with van der Waals surface area (Å²) in [4.78, 5) is 4.69. The fourth-order valence-corrected chi connectivity index (χ4v) is 0.426. The highest BCUT2D eigenvalue weighted by molar-refractivity contribution is 4.55. The Morgan fingerprint density at radius 2 is 1.67 bits per heavy atom. The van der Waals surface area contributed by atoms with Crippen molar-refractivity contribution in [3.8, 4) is 0 Å². The molecule has 0 aromatic carbocycles. The Labute approximate surface area is 67.8 Å². The molecule has 0 atom stereocenters. The van der Waals surface area contributed by atoms with Crippen molar-refractivity contribution >= 4 is 0 Å². The van der Waals surface area contributed by atoms with E-state index in [1.54, 1.807) is 0 Å². The van der Waals surface area contributed by atoms with Crippen LogP contribution in [0, 0.1) is 0 Å². The van der Waals surface area contributed by atoms with E-state index in [-0.39, 0.29) is 0 Å². The van der Waals surface area contributed by atoms with Crippen LogP contribution in [0.1, 0.15) is 0 Å². The number of nitrogen functional groups attached to an aromatic ring is 2. The highest BCUT2D eigenvalue weighted by atomic mass is 15.5. The minimum absolute atomic E-state index is 1.14. The molecule has 64 valence electrons. The highest BCUT2D eigenvalue weighted by Crippen LogP contribution is 1.62. The molecule has 0 radical (unpaired) electrons. The lowest BCUT2D eigenvalue weighted by molar-refractivity contribution is 0.830. The molecule has 0 amide bonds. The molecule has 0 saturated heterocycles. The maximum Gasteiger partial charge on any atom is 0.139 e. The van der Waals surface area contributed by atoms with Crippen molar-refractivity contribution in [3.05, 3.63) is 25.3 Å². The topological polar surface area (TPSA) is 113 Å². The van der Waals surface area contributed by atoms with E-state index < -0.39 is 0 Å². The van der Waals surface area contributed by atoms with E-state index in [0.717, 1.165) is 4.79 Å². The average molecular weight is 168 g/mol. The van der Waals surface area contributed by atoms with Gasteiger partial charge < -0.3 is 11.7 Å². The predicted octanol–water partition coefficient (Wildman–Crippen LogP) is -2.02. The third-order valence-corrected chi connectivity index (χ3v) is 0.873. The van der Waals surface area contributed by atoms with Gasteiger partial charge in [0.25, 0.3) is 0 Å². The summed E-state index contributed by atoms with van der Waals surface area (Å²) in [5.74, 6) is 10.1. The van der Waals surface area contributed by atoms with Gasteiger partial charge in [-0.3, -0.25) is 0 Å². The molecule has 0 fully saturated rings. The maximum absolute atomic E-state index is 5.07. The van der Waals surface area contributed by atoms with E-state index in [1.807, 2.05) is 0 Å². The summed E-state index contributed by atoms with van der Waals surface area (Å²) >= 11 is 0. The van der Waals surface area contributed by atoms with Gasteiger partial charge in [0, 0.05) is 0 Å². The fraction of sp³-hybridized carbons (Fsp3) is 0. The fourth-order valence-electron chi connectivity index (χ4n) is 0.426. The Balaban J connectivity index is 0.000000120. The zero-order valence-electron chi connectivity index (χ0n) is 6.15. The third-order valence-electron chi connectivity index (χ3n) is 0.873. The molecular weight excluding hydrogens is 160 g/mol. The molecule has 0 aliphatic carbocycles. The van der Waals surface area contributed by atoms with E-state index in [1.165, 1.54) is 30.0 Å². The number of nitrogens with two attached hydrogens (primary N) is 2. The SMILES string of the molecule is Nn1cncn1.Nn1cnnc1. The summed E-state index contributed by atoms with van der Waals surface area (Å²) in [6, 6.07) is 0. The van der Waals surface area contributed by atoms with Gasteiger partial charge in [-0.1, -0.05) is 0 Å². The van der Waals surface area contributed by atoms with Crippen molar-refractivity contribution in [2.45, 2.75) is 0 Å². The molecule has 2 heterocycles. The first-order valence-electron chi connectivity index (χ1n) is 2.98. The number of rotatable bonds is 0. The van der Waals surface area contributed by atoms with E-state index >= 15 is 0 Å². The molecule has 0 unspecified atom stereocenters. The Kier molecular flexibility index (Phi) is 2.60. The molecule has 4 N–H and O–H groups in total. The molecule has 2 aromatic heterocycles. The van der Waals surface area contributed by atoms with Crippen LogP contribution >= 0.6 is 0 Å². The minimum atomic E-state index is 1.14. The molecule has 8 nitrogen and oxygen atoms in total. The van der Waals surface area contributed by atoms with E-state index in [0.29, 0.717) is 0 Å².